The molecule has 0 amide bonds. The second-order valence-corrected chi connectivity index (χ2v) is 4.38. The molecule has 0 fully saturated rings. The van der Waals surface area contributed by atoms with Crippen molar-refractivity contribution in [3.63, 3.8) is 0 Å². The van der Waals surface area contributed by atoms with E-state index in [1.165, 1.54) is 5.56 Å². The van der Waals surface area contributed by atoms with Gasteiger partial charge in [0, 0.05) is 0 Å². The Hall–Kier alpha value is -2.10. The maximum Gasteiger partial charge on any atom is 0.345 e. The number of rotatable bonds is 7. The van der Waals surface area contributed by atoms with Gasteiger partial charge in [-0.25, -0.2) is 9.59 Å². The summed E-state index contributed by atoms with van der Waals surface area (Å²) in [5.41, 5.74) is 0.700. The van der Waals surface area contributed by atoms with Crippen molar-refractivity contribution in [2.45, 2.75) is 32.3 Å². The van der Waals surface area contributed by atoms with Crippen LogP contribution < -0.4 is 0 Å². The molecule has 1 unspecified atom stereocenters. The highest BCUT2D eigenvalue weighted by Gasteiger charge is 2.18. The van der Waals surface area contributed by atoms with Gasteiger partial charge in [-0.15, -0.1) is 0 Å². The lowest BCUT2D eigenvalue weighted by molar-refractivity contribution is -0.147. The molecule has 0 aliphatic heterocycles. The highest BCUT2D eigenvalue weighted by molar-refractivity contribution is 6.12. The van der Waals surface area contributed by atoms with Gasteiger partial charge in [0.25, 0.3) is 0 Å². The van der Waals surface area contributed by atoms with Crippen molar-refractivity contribution in [1.82, 2.24) is 0 Å². The lowest BCUT2D eigenvalue weighted by Crippen LogP contribution is -2.20. The van der Waals surface area contributed by atoms with Crippen LogP contribution in [0.25, 0.3) is 0 Å². The third kappa shape index (κ3) is 5.38. The largest absolute Gasteiger partial charge is 0.477 e. The van der Waals surface area contributed by atoms with Gasteiger partial charge in [-0.2, -0.15) is 0 Å². The summed E-state index contributed by atoms with van der Waals surface area (Å²) in [5.74, 6) is -2.21. The minimum atomic E-state index is -1.35. The van der Waals surface area contributed by atoms with Crippen LogP contribution in [0.15, 0.2) is 42.5 Å². The Morgan fingerprint density at radius 3 is 2.53 bits per heavy atom. The molecular formula is C15H18O4. The summed E-state index contributed by atoms with van der Waals surface area (Å²) in [6, 6.07) is 10.0. The molecule has 0 radical (unpaired) electrons. The minimum absolute atomic E-state index is 0.313. The standard InChI is InChI=1S/C15H18O4/c1-11(19-15(18)12(2)14(16)17)7-6-10-13-8-4-3-5-9-13/h3-5,8-9,11H,2,6-7,10H2,1H3,(H,16,17). The zero-order valence-electron chi connectivity index (χ0n) is 11.0. The average Bonchev–Trinajstić information content (AvgIpc) is 2.38. The van der Waals surface area contributed by atoms with Gasteiger partial charge in [0.2, 0.25) is 0 Å². The van der Waals surface area contributed by atoms with Gasteiger partial charge in [-0.1, -0.05) is 36.9 Å². The van der Waals surface area contributed by atoms with E-state index in [9.17, 15) is 9.59 Å². The zero-order valence-corrected chi connectivity index (χ0v) is 11.0. The number of carboxylic acid groups (broad SMARTS) is 1. The molecule has 0 aromatic heterocycles. The van der Waals surface area contributed by atoms with E-state index < -0.39 is 17.5 Å². The van der Waals surface area contributed by atoms with Crippen molar-refractivity contribution in [1.29, 1.82) is 0 Å². The highest BCUT2D eigenvalue weighted by Crippen LogP contribution is 2.09. The molecule has 1 aromatic carbocycles. The lowest BCUT2D eigenvalue weighted by Gasteiger charge is -2.12. The van der Waals surface area contributed by atoms with Gasteiger partial charge >= 0.3 is 11.9 Å². The van der Waals surface area contributed by atoms with Crippen LogP contribution in [0.2, 0.25) is 0 Å². The number of hydrogen-bond acceptors (Lipinski definition) is 3. The molecule has 1 aromatic rings. The van der Waals surface area contributed by atoms with Gasteiger partial charge in [0.1, 0.15) is 5.57 Å². The molecule has 102 valence electrons. The highest BCUT2D eigenvalue weighted by atomic mass is 16.5. The molecule has 1 N–H and O–H groups in total. The average molecular weight is 262 g/mol. The second-order valence-electron chi connectivity index (χ2n) is 4.38. The minimum Gasteiger partial charge on any atom is -0.477 e. The normalized spacial score (nSPS) is 11.6. The Morgan fingerprint density at radius 1 is 1.32 bits per heavy atom. The number of carboxylic acids is 1. The molecule has 1 atom stereocenters. The number of hydrogen-bond donors (Lipinski definition) is 1. The summed E-state index contributed by atoms with van der Waals surface area (Å²) >= 11 is 0. The molecule has 0 bridgehead atoms. The fourth-order valence-electron chi connectivity index (χ4n) is 1.64. The topological polar surface area (TPSA) is 63.6 Å². The van der Waals surface area contributed by atoms with Gasteiger partial charge in [0.05, 0.1) is 6.10 Å². The molecule has 4 heteroatoms. The van der Waals surface area contributed by atoms with Crippen LogP contribution in [0.4, 0.5) is 0 Å². The molecule has 0 aliphatic carbocycles. The van der Waals surface area contributed by atoms with E-state index in [4.69, 9.17) is 9.84 Å². The number of aryl methyl sites for hydroxylation is 1. The Bertz CT molecular complexity index is 450. The second kappa shape index (κ2) is 7.36. The SMILES string of the molecule is C=C(C(=O)O)C(=O)OC(C)CCCc1ccccc1. The lowest BCUT2D eigenvalue weighted by atomic mass is 10.1. The van der Waals surface area contributed by atoms with Crippen molar-refractivity contribution in [2.24, 2.45) is 0 Å². The third-order valence-electron chi connectivity index (χ3n) is 2.73. The number of carbonyl (C=O) groups is 2. The van der Waals surface area contributed by atoms with Crippen molar-refractivity contribution in [3.8, 4) is 0 Å². The van der Waals surface area contributed by atoms with Gasteiger partial charge < -0.3 is 9.84 Å². The van der Waals surface area contributed by atoms with Crippen LogP contribution in [-0.4, -0.2) is 23.1 Å². The fraction of sp³-hybridized carbons (Fsp3) is 0.333. The summed E-state index contributed by atoms with van der Waals surface area (Å²) in [4.78, 5) is 21.8. The van der Waals surface area contributed by atoms with Crippen LogP contribution in [0.5, 0.6) is 0 Å². The molecule has 0 heterocycles. The Kier molecular flexibility index (Phi) is 5.79. The molecule has 0 aliphatic rings. The summed E-state index contributed by atoms with van der Waals surface area (Å²) in [6.45, 7) is 4.91. The van der Waals surface area contributed by atoms with Crippen molar-refractivity contribution >= 4 is 11.9 Å². The first kappa shape index (κ1) is 15.0. The van der Waals surface area contributed by atoms with Gasteiger partial charge in [0.15, 0.2) is 0 Å². The van der Waals surface area contributed by atoms with Crippen LogP contribution in [0.1, 0.15) is 25.3 Å². The molecule has 0 saturated heterocycles. The van der Waals surface area contributed by atoms with Crippen LogP contribution in [0.3, 0.4) is 0 Å². The molecule has 19 heavy (non-hydrogen) atoms. The predicted octanol–water partition coefficient (Wildman–Crippen LogP) is 2.58. The smallest absolute Gasteiger partial charge is 0.345 e. The van der Waals surface area contributed by atoms with E-state index in [-0.39, 0.29) is 6.10 Å². The number of benzene rings is 1. The first-order valence-corrected chi connectivity index (χ1v) is 6.18. The van der Waals surface area contributed by atoms with Crippen molar-refractivity contribution in [3.05, 3.63) is 48.0 Å². The van der Waals surface area contributed by atoms with Crippen LogP contribution >= 0.6 is 0 Å². The molecule has 1 rings (SSSR count). The van der Waals surface area contributed by atoms with Gasteiger partial charge in [-0.3, -0.25) is 0 Å². The quantitative estimate of drug-likeness (QED) is 0.355. The maximum atomic E-state index is 11.3. The van der Waals surface area contributed by atoms with Crippen molar-refractivity contribution < 1.29 is 19.4 Å². The third-order valence-corrected chi connectivity index (χ3v) is 2.73. The molecular weight excluding hydrogens is 244 g/mol. The number of esters is 1. The number of ether oxygens (including phenoxy) is 1. The number of carbonyl (C=O) groups excluding carboxylic acids is 1. The summed E-state index contributed by atoms with van der Waals surface area (Å²) in [6.07, 6.45) is 2.15. The first-order valence-electron chi connectivity index (χ1n) is 6.18. The predicted molar refractivity (Wildman–Crippen MR) is 71.7 cm³/mol. The monoisotopic (exact) mass is 262 g/mol. The summed E-state index contributed by atoms with van der Waals surface area (Å²) in [5, 5.41) is 8.59. The molecule has 4 nitrogen and oxygen atoms in total. The van der Waals surface area contributed by atoms with E-state index in [2.05, 4.69) is 6.58 Å². The summed E-state index contributed by atoms with van der Waals surface area (Å²) < 4.78 is 4.99. The number of aliphatic carboxylic acids is 1. The van der Waals surface area contributed by atoms with Crippen LogP contribution in [-0.2, 0) is 20.7 Å². The van der Waals surface area contributed by atoms with E-state index in [0.29, 0.717) is 6.42 Å². The van der Waals surface area contributed by atoms with E-state index >= 15 is 0 Å². The van der Waals surface area contributed by atoms with Crippen molar-refractivity contribution in [2.75, 3.05) is 0 Å². The zero-order chi connectivity index (χ0) is 14.3. The van der Waals surface area contributed by atoms with E-state index in [1.807, 2.05) is 30.3 Å². The maximum absolute atomic E-state index is 11.3. The van der Waals surface area contributed by atoms with Crippen LogP contribution in [0, 0.1) is 0 Å². The summed E-state index contributed by atoms with van der Waals surface area (Å²) in [7, 11) is 0. The Morgan fingerprint density at radius 2 is 1.95 bits per heavy atom. The van der Waals surface area contributed by atoms with E-state index in [0.717, 1.165) is 12.8 Å². The molecule has 0 spiro atoms. The first-order chi connectivity index (χ1) is 9.00. The molecule has 0 saturated carbocycles. The Balaban J connectivity index is 2.28. The van der Waals surface area contributed by atoms with E-state index in [1.54, 1.807) is 6.92 Å². The van der Waals surface area contributed by atoms with Gasteiger partial charge in [-0.05, 0) is 31.7 Å². The Labute approximate surface area is 112 Å². The fourth-order valence-corrected chi connectivity index (χ4v) is 1.64.